The van der Waals surface area contributed by atoms with Crippen molar-refractivity contribution in [2.75, 3.05) is 23.5 Å². The highest BCUT2D eigenvalue weighted by molar-refractivity contribution is 6.04. The zero-order chi connectivity index (χ0) is 21.1. The number of methoxy groups -OCH3 is 1. The molecule has 2 amide bonds. The average molecular weight is 404 g/mol. The van der Waals surface area contributed by atoms with Gasteiger partial charge in [0.2, 0.25) is 11.8 Å². The zero-order valence-electron chi connectivity index (χ0n) is 17.1. The van der Waals surface area contributed by atoms with Crippen LogP contribution in [0.1, 0.15) is 17.7 Å². The quantitative estimate of drug-likeness (QED) is 0.618. The third kappa shape index (κ3) is 4.08. The minimum Gasteiger partial charge on any atom is -0.497 e. The largest absolute Gasteiger partial charge is 0.497 e. The zero-order valence-corrected chi connectivity index (χ0v) is 17.1. The molecule has 0 unspecified atom stereocenters. The van der Waals surface area contributed by atoms with Crippen LogP contribution >= 0.6 is 0 Å². The van der Waals surface area contributed by atoms with Crippen LogP contribution in [0.3, 0.4) is 0 Å². The first-order valence-electron chi connectivity index (χ1n) is 9.90. The van der Waals surface area contributed by atoms with Crippen molar-refractivity contribution < 1.29 is 18.7 Å². The van der Waals surface area contributed by atoms with E-state index in [2.05, 4.69) is 0 Å². The maximum atomic E-state index is 13.5. The highest BCUT2D eigenvalue weighted by atomic mass is 16.5. The Morgan fingerprint density at radius 2 is 1.97 bits per heavy atom. The lowest BCUT2D eigenvalue weighted by Gasteiger charge is -2.25. The van der Waals surface area contributed by atoms with Crippen LogP contribution in [0.2, 0.25) is 0 Å². The molecule has 0 saturated carbocycles. The van der Waals surface area contributed by atoms with Crippen LogP contribution in [-0.4, -0.2) is 25.5 Å². The monoisotopic (exact) mass is 404 g/mol. The summed E-state index contributed by atoms with van der Waals surface area (Å²) < 4.78 is 10.7. The smallest absolute Gasteiger partial charge is 0.232 e. The van der Waals surface area contributed by atoms with Crippen LogP contribution in [0.15, 0.2) is 71.3 Å². The van der Waals surface area contributed by atoms with Crippen LogP contribution in [-0.2, 0) is 16.1 Å². The minimum atomic E-state index is -0.431. The van der Waals surface area contributed by atoms with Crippen LogP contribution in [0, 0.1) is 12.8 Å². The average Bonchev–Trinajstić information content (AvgIpc) is 3.42. The minimum absolute atomic E-state index is 0.0662. The summed E-state index contributed by atoms with van der Waals surface area (Å²) in [5.74, 6) is 0.782. The fourth-order valence-electron chi connectivity index (χ4n) is 3.70. The Morgan fingerprint density at radius 3 is 2.67 bits per heavy atom. The Kier molecular flexibility index (Phi) is 5.57. The lowest BCUT2D eigenvalue weighted by atomic mass is 10.1. The molecule has 6 nitrogen and oxygen atoms in total. The summed E-state index contributed by atoms with van der Waals surface area (Å²) in [5.41, 5.74) is 2.64. The summed E-state index contributed by atoms with van der Waals surface area (Å²) >= 11 is 0. The highest BCUT2D eigenvalue weighted by Crippen LogP contribution is 2.30. The Morgan fingerprint density at radius 1 is 1.17 bits per heavy atom. The Bertz CT molecular complexity index is 1030. The van der Waals surface area contributed by atoms with Crippen molar-refractivity contribution in [3.05, 3.63) is 78.3 Å². The molecule has 1 aromatic heterocycles. The van der Waals surface area contributed by atoms with Gasteiger partial charge in [0.1, 0.15) is 11.5 Å². The van der Waals surface area contributed by atoms with Crippen molar-refractivity contribution in [2.24, 2.45) is 5.92 Å². The van der Waals surface area contributed by atoms with E-state index in [9.17, 15) is 9.59 Å². The molecule has 3 aromatic rings. The first-order chi connectivity index (χ1) is 14.5. The van der Waals surface area contributed by atoms with E-state index in [1.807, 2.05) is 61.5 Å². The highest BCUT2D eigenvalue weighted by Gasteiger charge is 2.38. The molecule has 0 N–H and O–H groups in total. The maximum Gasteiger partial charge on any atom is 0.232 e. The van der Waals surface area contributed by atoms with E-state index < -0.39 is 5.92 Å². The first-order valence-corrected chi connectivity index (χ1v) is 9.90. The van der Waals surface area contributed by atoms with E-state index in [1.165, 1.54) is 0 Å². The van der Waals surface area contributed by atoms with Gasteiger partial charge in [-0.3, -0.25) is 9.59 Å². The van der Waals surface area contributed by atoms with Crippen molar-refractivity contribution in [3.63, 3.8) is 0 Å². The van der Waals surface area contributed by atoms with E-state index in [1.54, 1.807) is 29.2 Å². The summed E-state index contributed by atoms with van der Waals surface area (Å²) in [7, 11) is 1.59. The number of hydrogen-bond donors (Lipinski definition) is 0. The number of nitrogens with zero attached hydrogens (tertiary/aromatic N) is 2. The third-order valence-corrected chi connectivity index (χ3v) is 5.34. The number of amides is 2. The first kappa shape index (κ1) is 19.8. The molecule has 154 valence electrons. The van der Waals surface area contributed by atoms with E-state index in [0.717, 1.165) is 16.9 Å². The summed E-state index contributed by atoms with van der Waals surface area (Å²) in [6.07, 6.45) is 1.77. The molecule has 1 atom stereocenters. The van der Waals surface area contributed by atoms with Gasteiger partial charge in [0, 0.05) is 30.4 Å². The van der Waals surface area contributed by atoms with Crippen LogP contribution in [0.5, 0.6) is 5.75 Å². The Hall–Kier alpha value is -3.54. The number of carbonyl (C=O) groups is 2. The van der Waals surface area contributed by atoms with Crippen molar-refractivity contribution >= 4 is 23.2 Å². The fourth-order valence-corrected chi connectivity index (χ4v) is 3.70. The molecule has 1 aliphatic heterocycles. The van der Waals surface area contributed by atoms with Gasteiger partial charge >= 0.3 is 0 Å². The number of rotatable bonds is 6. The van der Waals surface area contributed by atoms with Crippen molar-refractivity contribution in [3.8, 4) is 5.75 Å². The van der Waals surface area contributed by atoms with E-state index in [-0.39, 0.29) is 18.2 Å². The summed E-state index contributed by atoms with van der Waals surface area (Å²) in [4.78, 5) is 29.5. The van der Waals surface area contributed by atoms with Gasteiger partial charge in [-0.25, -0.2) is 0 Å². The van der Waals surface area contributed by atoms with Crippen molar-refractivity contribution in [1.29, 1.82) is 0 Å². The van der Waals surface area contributed by atoms with Crippen LogP contribution in [0.25, 0.3) is 0 Å². The number of ether oxygens (including phenoxy) is 1. The van der Waals surface area contributed by atoms with Gasteiger partial charge in [-0.2, -0.15) is 0 Å². The second kappa shape index (κ2) is 8.45. The van der Waals surface area contributed by atoms with Gasteiger partial charge in [0.15, 0.2) is 0 Å². The standard InChI is InChI=1S/C24H24N2O4/c1-17-8-10-19(11-9-17)26(16-22-7-4-12-30-22)24(28)18-13-23(27)25(15-18)20-5-3-6-21(14-20)29-2/h3-12,14,18H,13,15-16H2,1-2H3/t18-/m0/s1. The molecule has 6 heteroatoms. The molecule has 0 radical (unpaired) electrons. The number of benzene rings is 2. The molecule has 2 aromatic carbocycles. The topological polar surface area (TPSA) is 63.0 Å². The number of aryl methyl sites for hydroxylation is 1. The summed E-state index contributed by atoms with van der Waals surface area (Å²) in [5, 5.41) is 0. The second-order valence-corrected chi connectivity index (χ2v) is 7.45. The second-order valence-electron chi connectivity index (χ2n) is 7.45. The SMILES string of the molecule is COc1cccc(N2C[C@@H](C(=O)N(Cc3ccco3)c3ccc(C)cc3)CC2=O)c1. The molecular formula is C24H24N2O4. The molecule has 1 aliphatic rings. The number of carbonyl (C=O) groups excluding carboxylic acids is 2. The molecule has 0 aliphatic carbocycles. The molecule has 4 rings (SSSR count). The molecule has 1 saturated heterocycles. The van der Waals surface area contributed by atoms with E-state index >= 15 is 0 Å². The number of hydrogen-bond acceptors (Lipinski definition) is 4. The Labute approximate surface area is 175 Å². The molecule has 0 bridgehead atoms. The van der Waals surface area contributed by atoms with Gasteiger partial charge in [-0.05, 0) is 43.3 Å². The summed E-state index contributed by atoms with van der Waals surface area (Å²) in [6.45, 7) is 2.66. The lowest BCUT2D eigenvalue weighted by molar-refractivity contribution is -0.124. The van der Waals surface area contributed by atoms with Crippen LogP contribution < -0.4 is 14.5 Å². The molecule has 2 heterocycles. The van der Waals surface area contributed by atoms with Crippen molar-refractivity contribution in [2.45, 2.75) is 19.9 Å². The molecule has 0 spiro atoms. The lowest BCUT2D eigenvalue weighted by Crippen LogP contribution is -2.37. The van der Waals surface area contributed by atoms with Gasteiger partial charge in [-0.15, -0.1) is 0 Å². The molecule has 30 heavy (non-hydrogen) atoms. The molecular weight excluding hydrogens is 380 g/mol. The van der Waals surface area contributed by atoms with Gasteiger partial charge < -0.3 is 19.0 Å². The normalized spacial score (nSPS) is 16.0. The summed E-state index contributed by atoms with van der Waals surface area (Å²) in [6, 6.07) is 18.8. The van der Waals surface area contributed by atoms with Crippen LogP contribution in [0.4, 0.5) is 11.4 Å². The number of anilines is 2. The fraction of sp³-hybridized carbons (Fsp3) is 0.250. The third-order valence-electron chi connectivity index (χ3n) is 5.34. The number of furan rings is 1. The maximum absolute atomic E-state index is 13.5. The van der Waals surface area contributed by atoms with Crippen molar-refractivity contribution in [1.82, 2.24) is 0 Å². The van der Waals surface area contributed by atoms with Gasteiger partial charge in [0.25, 0.3) is 0 Å². The van der Waals surface area contributed by atoms with Gasteiger partial charge in [-0.1, -0.05) is 23.8 Å². The predicted octanol–water partition coefficient (Wildman–Crippen LogP) is 4.18. The van der Waals surface area contributed by atoms with E-state index in [0.29, 0.717) is 24.6 Å². The molecule has 1 fully saturated rings. The van der Waals surface area contributed by atoms with Gasteiger partial charge in [0.05, 0.1) is 25.8 Å². The van der Waals surface area contributed by atoms with E-state index in [4.69, 9.17) is 9.15 Å². The predicted molar refractivity (Wildman–Crippen MR) is 115 cm³/mol. The Balaban J connectivity index is 1.58.